The van der Waals surface area contributed by atoms with Gasteiger partial charge in [0, 0.05) is 6.04 Å². The smallest absolute Gasteiger partial charge is 0.105 e. The molecule has 1 fully saturated rings. The van der Waals surface area contributed by atoms with Crippen LogP contribution in [0, 0.1) is 0 Å². The first-order valence-corrected chi connectivity index (χ1v) is 6.28. The van der Waals surface area contributed by atoms with Crippen LogP contribution in [0.4, 0.5) is 0 Å². The summed E-state index contributed by atoms with van der Waals surface area (Å²) in [5, 5.41) is 3.52. The molecule has 0 saturated carbocycles. The predicted octanol–water partition coefficient (Wildman–Crippen LogP) is 1.96. The number of ether oxygens (including phenoxy) is 2. The zero-order valence-electron chi connectivity index (χ0n) is 10.3. The number of hydrogen-bond acceptors (Lipinski definition) is 3. The van der Waals surface area contributed by atoms with Gasteiger partial charge in [-0.1, -0.05) is 27.2 Å². The van der Waals surface area contributed by atoms with E-state index < -0.39 is 0 Å². The quantitative estimate of drug-likeness (QED) is 0.671. The first kappa shape index (κ1) is 12.9. The summed E-state index contributed by atoms with van der Waals surface area (Å²) in [4.78, 5) is 0. The van der Waals surface area contributed by atoms with Gasteiger partial charge >= 0.3 is 0 Å². The average Bonchev–Trinajstić information content (AvgIpc) is 2.17. The van der Waals surface area contributed by atoms with Crippen molar-refractivity contribution in [2.45, 2.75) is 58.3 Å². The molecule has 3 heteroatoms. The van der Waals surface area contributed by atoms with Gasteiger partial charge in [0.15, 0.2) is 0 Å². The Kier molecular flexibility index (Phi) is 6.22. The summed E-state index contributed by atoms with van der Waals surface area (Å²) in [5.74, 6) is 0. The summed E-state index contributed by atoms with van der Waals surface area (Å²) in [6.07, 6.45) is 4.17. The molecule has 0 aromatic heterocycles. The summed E-state index contributed by atoms with van der Waals surface area (Å²) >= 11 is 0. The van der Waals surface area contributed by atoms with E-state index in [1.165, 1.54) is 12.8 Å². The number of nitrogens with one attached hydrogen (secondary N) is 1. The van der Waals surface area contributed by atoms with Crippen LogP contribution in [0.15, 0.2) is 0 Å². The Morgan fingerprint density at radius 3 is 2.47 bits per heavy atom. The second kappa shape index (κ2) is 7.20. The first-order valence-electron chi connectivity index (χ1n) is 6.28. The lowest BCUT2D eigenvalue weighted by Gasteiger charge is -2.34. The van der Waals surface area contributed by atoms with E-state index in [1.54, 1.807) is 0 Å². The average molecular weight is 215 g/mol. The molecule has 15 heavy (non-hydrogen) atoms. The zero-order valence-corrected chi connectivity index (χ0v) is 10.3. The van der Waals surface area contributed by atoms with Crippen LogP contribution in [0.5, 0.6) is 0 Å². The second-order valence-electron chi connectivity index (χ2n) is 4.20. The third kappa shape index (κ3) is 4.09. The third-order valence-corrected chi connectivity index (χ3v) is 2.89. The molecule has 0 aromatic carbocycles. The summed E-state index contributed by atoms with van der Waals surface area (Å²) in [6.45, 7) is 9.16. The molecule has 1 aliphatic heterocycles. The van der Waals surface area contributed by atoms with Gasteiger partial charge in [-0.3, -0.25) is 0 Å². The summed E-state index contributed by atoms with van der Waals surface area (Å²) in [5.41, 5.74) is 0. The van der Waals surface area contributed by atoms with Gasteiger partial charge in [-0.15, -0.1) is 0 Å². The second-order valence-corrected chi connectivity index (χ2v) is 4.20. The summed E-state index contributed by atoms with van der Waals surface area (Å²) in [7, 11) is 0. The van der Waals surface area contributed by atoms with E-state index in [1.807, 2.05) is 0 Å². The van der Waals surface area contributed by atoms with Gasteiger partial charge in [-0.25, -0.2) is 0 Å². The van der Waals surface area contributed by atoms with E-state index in [0.717, 1.165) is 26.2 Å². The fraction of sp³-hybridized carbons (Fsp3) is 1.00. The molecule has 0 aromatic rings. The highest BCUT2D eigenvalue weighted by atomic mass is 16.6. The first-order chi connectivity index (χ1) is 7.31. The molecule has 1 heterocycles. The molecule has 1 saturated heterocycles. The van der Waals surface area contributed by atoms with E-state index in [9.17, 15) is 0 Å². The van der Waals surface area contributed by atoms with Crippen molar-refractivity contribution in [3.8, 4) is 0 Å². The molecule has 0 aliphatic carbocycles. The molecule has 2 unspecified atom stereocenters. The molecule has 0 bridgehead atoms. The Balaban J connectivity index is 2.35. The van der Waals surface area contributed by atoms with Gasteiger partial charge < -0.3 is 14.8 Å². The fourth-order valence-electron chi connectivity index (χ4n) is 2.01. The maximum Gasteiger partial charge on any atom is 0.105 e. The van der Waals surface area contributed by atoms with Crippen LogP contribution in [-0.4, -0.2) is 38.0 Å². The highest BCUT2D eigenvalue weighted by molar-refractivity contribution is 4.78. The Hall–Kier alpha value is -0.120. The van der Waals surface area contributed by atoms with Crippen LogP contribution in [0.2, 0.25) is 0 Å². The summed E-state index contributed by atoms with van der Waals surface area (Å²) in [6, 6.07) is 0.505. The highest BCUT2D eigenvalue weighted by Gasteiger charge is 2.26. The Morgan fingerprint density at radius 2 is 2.07 bits per heavy atom. The molecule has 0 spiro atoms. The van der Waals surface area contributed by atoms with Gasteiger partial charge in [0.1, 0.15) is 6.10 Å². The van der Waals surface area contributed by atoms with E-state index in [0.29, 0.717) is 18.2 Å². The standard InChI is InChI=1S/C12H25NO2/c1-4-7-11(13-6-3)12(5-2)15-10-8-14-9-10/h10-13H,4-9H2,1-3H3. The zero-order chi connectivity index (χ0) is 11.1. The van der Waals surface area contributed by atoms with Gasteiger partial charge in [-0.2, -0.15) is 0 Å². The van der Waals surface area contributed by atoms with Crippen LogP contribution >= 0.6 is 0 Å². The lowest BCUT2D eigenvalue weighted by molar-refractivity contribution is -0.161. The lowest BCUT2D eigenvalue weighted by Crippen LogP contribution is -2.47. The van der Waals surface area contributed by atoms with Crippen molar-refractivity contribution in [2.75, 3.05) is 19.8 Å². The Morgan fingerprint density at radius 1 is 1.33 bits per heavy atom. The lowest BCUT2D eigenvalue weighted by atomic mass is 10.0. The Bertz CT molecular complexity index is 154. The van der Waals surface area contributed by atoms with Crippen LogP contribution in [-0.2, 0) is 9.47 Å². The van der Waals surface area contributed by atoms with Crippen molar-refractivity contribution in [1.29, 1.82) is 0 Å². The Labute approximate surface area is 93.5 Å². The van der Waals surface area contributed by atoms with Crippen molar-refractivity contribution < 1.29 is 9.47 Å². The third-order valence-electron chi connectivity index (χ3n) is 2.89. The molecule has 2 atom stereocenters. The van der Waals surface area contributed by atoms with Crippen LogP contribution in [0.3, 0.4) is 0 Å². The minimum atomic E-state index is 0.341. The monoisotopic (exact) mass is 215 g/mol. The molecule has 0 radical (unpaired) electrons. The largest absolute Gasteiger partial charge is 0.376 e. The molecule has 1 N–H and O–H groups in total. The number of rotatable bonds is 8. The molecular formula is C12H25NO2. The maximum atomic E-state index is 6.02. The molecule has 1 rings (SSSR count). The highest BCUT2D eigenvalue weighted by Crippen LogP contribution is 2.16. The van der Waals surface area contributed by atoms with Crippen molar-refractivity contribution in [3.05, 3.63) is 0 Å². The van der Waals surface area contributed by atoms with Gasteiger partial charge in [0.25, 0.3) is 0 Å². The van der Waals surface area contributed by atoms with Crippen molar-refractivity contribution >= 4 is 0 Å². The number of likely N-dealkylation sites (N-methyl/N-ethyl adjacent to an activating group) is 1. The summed E-state index contributed by atoms with van der Waals surface area (Å²) < 4.78 is 11.1. The molecule has 1 aliphatic rings. The van der Waals surface area contributed by atoms with Crippen molar-refractivity contribution in [3.63, 3.8) is 0 Å². The van der Waals surface area contributed by atoms with Crippen molar-refractivity contribution in [1.82, 2.24) is 5.32 Å². The normalized spacial score (nSPS) is 21.0. The predicted molar refractivity (Wildman–Crippen MR) is 62.1 cm³/mol. The number of hydrogen-bond donors (Lipinski definition) is 1. The molecule has 90 valence electrons. The van der Waals surface area contributed by atoms with E-state index >= 15 is 0 Å². The fourth-order valence-corrected chi connectivity index (χ4v) is 2.01. The minimum Gasteiger partial charge on any atom is -0.376 e. The minimum absolute atomic E-state index is 0.341. The van der Waals surface area contributed by atoms with Crippen LogP contribution in [0.1, 0.15) is 40.0 Å². The van der Waals surface area contributed by atoms with Gasteiger partial charge in [0.05, 0.1) is 19.3 Å². The van der Waals surface area contributed by atoms with Crippen LogP contribution < -0.4 is 5.32 Å². The molecular weight excluding hydrogens is 190 g/mol. The van der Waals surface area contributed by atoms with Gasteiger partial charge in [0.2, 0.25) is 0 Å². The maximum absolute atomic E-state index is 6.02. The molecule has 0 amide bonds. The van der Waals surface area contributed by atoms with Gasteiger partial charge in [-0.05, 0) is 19.4 Å². The van der Waals surface area contributed by atoms with Crippen molar-refractivity contribution in [2.24, 2.45) is 0 Å². The van der Waals surface area contributed by atoms with E-state index in [-0.39, 0.29) is 0 Å². The molecule has 3 nitrogen and oxygen atoms in total. The van der Waals surface area contributed by atoms with E-state index in [2.05, 4.69) is 26.1 Å². The van der Waals surface area contributed by atoms with E-state index in [4.69, 9.17) is 9.47 Å². The SMILES string of the molecule is CCCC(NCC)C(CC)OC1COC1. The topological polar surface area (TPSA) is 30.5 Å². The van der Waals surface area contributed by atoms with Crippen LogP contribution in [0.25, 0.3) is 0 Å².